The molecule has 0 saturated carbocycles. The van der Waals surface area contributed by atoms with Crippen LogP contribution in [0.25, 0.3) is 21.8 Å². The summed E-state index contributed by atoms with van der Waals surface area (Å²) in [7, 11) is 0. The van der Waals surface area contributed by atoms with E-state index in [-0.39, 0.29) is 18.0 Å². The van der Waals surface area contributed by atoms with Gasteiger partial charge in [-0.2, -0.15) is 16.9 Å². The number of carbonyl (C=O) groups is 1. The summed E-state index contributed by atoms with van der Waals surface area (Å²) in [5.41, 5.74) is 2.42. The number of hydrogen-bond donors (Lipinski definition) is 1. The zero-order chi connectivity index (χ0) is 22.3. The molecule has 0 aliphatic carbocycles. The Morgan fingerprint density at radius 3 is 2.62 bits per heavy atom. The third-order valence-corrected chi connectivity index (χ3v) is 6.66. The van der Waals surface area contributed by atoms with E-state index >= 15 is 0 Å². The monoisotopic (exact) mass is 448 g/mol. The summed E-state index contributed by atoms with van der Waals surface area (Å²) < 4.78 is 3.30. The van der Waals surface area contributed by atoms with Crippen molar-refractivity contribution in [2.24, 2.45) is 0 Å². The minimum Gasteiger partial charge on any atom is -0.354 e. The molecule has 2 heterocycles. The molecule has 4 aromatic rings. The first kappa shape index (κ1) is 22.1. The highest BCUT2D eigenvalue weighted by Crippen LogP contribution is 2.27. The molecular weight excluding hydrogens is 420 g/mol. The molecule has 0 atom stereocenters. The highest BCUT2D eigenvalue weighted by atomic mass is 32.2. The molecule has 166 valence electrons. The van der Waals surface area contributed by atoms with Crippen LogP contribution in [0.1, 0.15) is 25.3 Å². The topological polar surface area (TPSA) is 68.9 Å². The minimum atomic E-state index is -0.247. The number of nitrogens with zero attached hydrogens (tertiary/aromatic N) is 3. The van der Waals surface area contributed by atoms with Crippen LogP contribution in [0.4, 0.5) is 0 Å². The Hall–Kier alpha value is -3.06. The molecular formula is C25H28N4O2S. The van der Waals surface area contributed by atoms with E-state index in [1.165, 1.54) is 4.68 Å². The summed E-state index contributed by atoms with van der Waals surface area (Å²) >= 11 is 1.90. The predicted octanol–water partition coefficient (Wildman–Crippen LogP) is 4.05. The molecule has 0 spiro atoms. The number of rotatable bonds is 10. The van der Waals surface area contributed by atoms with Gasteiger partial charge in [-0.25, -0.2) is 4.68 Å². The lowest BCUT2D eigenvalue weighted by Crippen LogP contribution is -2.34. The Labute approximate surface area is 191 Å². The van der Waals surface area contributed by atoms with Crippen LogP contribution in [0.3, 0.4) is 0 Å². The lowest BCUT2D eigenvalue weighted by atomic mass is 10.2. The molecule has 4 rings (SSSR count). The second-order valence-electron chi connectivity index (χ2n) is 7.77. The average molecular weight is 449 g/mol. The molecule has 1 N–H and O–H groups in total. The second kappa shape index (κ2) is 10.5. The number of nitrogens with one attached hydrogen (secondary N) is 1. The number of aromatic nitrogens is 3. The van der Waals surface area contributed by atoms with Gasteiger partial charge in [0.25, 0.3) is 5.56 Å². The Kier molecular flexibility index (Phi) is 7.27. The van der Waals surface area contributed by atoms with Gasteiger partial charge in [0, 0.05) is 29.4 Å². The number of hydrogen-bond acceptors (Lipinski definition) is 4. The van der Waals surface area contributed by atoms with E-state index in [4.69, 9.17) is 0 Å². The number of benzene rings is 2. The van der Waals surface area contributed by atoms with Crippen molar-refractivity contribution in [3.63, 3.8) is 0 Å². The fraction of sp³-hybridized carbons (Fsp3) is 0.320. The Balaban J connectivity index is 1.60. The minimum absolute atomic E-state index is 0.0796. The second-order valence-corrected chi connectivity index (χ2v) is 9.00. The van der Waals surface area contributed by atoms with E-state index < -0.39 is 0 Å². The van der Waals surface area contributed by atoms with Crippen LogP contribution in [0.2, 0.25) is 0 Å². The van der Waals surface area contributed by atoms with Crippen LogP contribution in [0.15, 0.2) is 65.6 Å². The largest absolute Gasteiger partial charge is 0.354 e. The molecule has 32 heavy (non-hydrogen) atoms. The summed E-state index contributed by atoms with van der Waals surface area (Å²) in [6.07, 6.45) is 3.79. The van der Waals surface area contributed by atoms with Crippen molar-refractivity contribution in [2.45, 2.75) is 32.9 Å². The number of thioether (sulfide) groups is 1. The third-order valence-electron chi connectivity index (χ3n) is 5.39. The maximum Gasteiger partial charge on any atom is 0.291 e. The Bertz CT molecular complexity index is 1260. The smallest absolute Gasteiger partial charge is 0.291 e. The van der Waals surface area contributed by atoms with Crippen LogP contribution >= 0.6 is 11.8 Å². The van der Waals surface area contributed by atoms with Gasteiger partial charge >= 0.3 is 0 Å². The van der Waals surface area contributed by atoms with E-state index in [2.05, 4.69) is 17.3 Å². The van der Waals surface area contributed by atoms with Crippen LogP contribution < -0.4 is 10.9 Å². The van der Waals surface area contributed by atoms with Gasteiger partial charge in [0.05, 0.1) is 6.20 Å². The molecule has 6 nitrogen and oxygen atoms in total. The van der Waals surface area contributed by atoms with Crippen molar-refractivity contribution in [3.8, 4) is 0 Å². The van der Waals surface area contributed by atoms with E-state index in [1.54, 1.807) is 6.20 Å². The maximum atomic E-state index is 13.4. The lowest BCUT2D eigenvalue weighted by molar-refractivity contribution is -0.121. The van der Waals surface area contributed by atoms with E-state index in [1.807, 2.05) is 70.9 Å². The average Bonchev–Trinajstić information content (AvgIpc) is 3.13. The van der Waals surface area contributed by atoms with Gasteiger partial charge < -0.3 is 9.88 Å². The number of para-hydroxylation sites is 1. The SMILES string of the molecule is CCCSCCCNC(=O)Cn1ncc2c3ccccc3n(Cc3ccccc3)c2c1=O. The van der Waals surface area contributed by atoms with Crippen LogP contribution in [-0.4, -0.2) is 38.3 Å². The molecule has 7 heteroatoms. The van der Waals surface area contributed by atoms with Crippen molar-refractivity contribution in [1.82, 2.24) is 19.7 Å². The van der Waals surface area contributed by atoms with Gasteiger partial charge in [-0.15, -0.1) is 0 Å². The predicted molar refractivity (Wildman–Crippen MR) is 132 cm³/mol. The van der Waals surface area contributed by atoms with Gasteiger partial charge in [-0.1, -0.05) is 55.5 Å². The lowest BCUT2D eigenvalue weighted by Gasteiger charge is -2.09. The molecule has 0 radical (unpaired) electrons. The summed E-state index contributed by atoms with van der Waals surface area (Å²) in [5, 5.41) is 9.02. The molecule has 1 amide bonds. The molecule has 0 fully saturated rings. The first-order chi connectivity index (χ1) is 15.7. The molecule has 0 aliphatic rings. The van der Waals surface area contributed by atoms with Gasteiger partial charge in [-0.3, -0.25) is 9.59 Å². The standard InChI is InChI=1S/C25H28N4O2S/c1-2-14-32-15-8-13-26-23(30)18-29-25(31)24-21(16-27-29)20-11-6-7-12-22(20)28(24)17-19-9-4-3-5-10-19/h3-7,9-12,16H,2,8,13-15,17-18H2,1H3,(H,26,30). The summed E-state index contributed by atoms with van der Waals surface area (Å²) in [4.78, 5) is 25.8. The summed E-state index contributed by atoms with van der Waals surface area (Å²) in [5.74, 6) is 1.98. The molecule has 2 aromatic carbocycles. The molecule has 0 bridgehead atoms. The summed E-state index contributed by atoms with van der Waals surface area (Å²) in [6, 6.07) is 18.0. The number of amides is 1. The van der Waals surface area contributed by atoms with Crippen LogP contribution in [0.5, 0.6) is 0 Å². The van der Waals surface area contributed by atoms with E-state index in [0.29, 0.717) is 18.6 Å². The quantitative estimate of drug-likeness (QED) is 0.372. The van der Waals surface area contributed by atoms with Gasteiger partial charge in [0.1, 0.15) is 12.1 Å². The van der Waals surface area contributed by atoms with Gasteiger partial charge in [-0.05, 0) is 36.0 Å². The summed E-state index contributed by atoms with van der Waals surface area (Å²) in [6.45, 7) is 3.27. The van der Waals surface area contributed by atoms with E-state index in [0.717, 1.165) is 46.2 Å². The van der Waals surface area contributed by atoms with Crippen LogP contribution in [-0.2, 0) is 17.9 Å². The van der Waals surface area contributed by atoms with Crippen molar-refractivity contribution >= 4 is 39.5 Å². The van der Waals surface area contributed by atoms with Gasteiger partial charge in [0.15, 0.2) is 0 Å². The zero-order valence-electron chi connectivity index (χ0n) is 18.3. The maximum absolute atomic E-state index is 13.4. The molecule has 0 aliphatic heterocycles. The number of carbonyl (C=O) groups excluding carboxylic acids is 1. The fourth-order valence-corrected chi connectivity index (χ4v) is 4.72. The van der Waals surface area contributed by atoms with Crippen molar-refractivity contribution < 1.29 is 4.79 Å². The highest BCUT2D eigenvalue weighted by molar-refractivity contribution is 7.99. The van der Waals surface area contributed by atoms with Crippen molar-refractivity contribution in [2.75, 3.05) is 18.1 Å². The highest BCUT2D eigenvalue weighted by Gasteiger charge is 2.17. The van der Waals surface area contributed by atoms with Crippen LogP contribution in [0, 0.1) is 0 Å². The number of fused-ring (bicyclic) bond motifs is 3. The first-order valence-electron chi connectivity index (χ1n) is 11.0. The molecule has 0 saturated heterocycles. The molecule has 2 aromatic heterocycles. The van der Waals surface area contributed by atoms with Crippen molar-refractivity contribution in [1.29, 1.82) is 0 Å². The Morgan fingerprint density at radius 2 is 1.81 bits per heavy atom. The normalized spacial score (nSPS) is 11.3. The molecule has 0 unspecified atom stereocenters. The Morgan fingerprint density at radius 1 is 1.03 bits per heavy atom. The van der Waals surface area contributed by atoms with Gasteiger partial charge in [0.2, 0.25) is 5.91 Å². The third kappa shape index (κ3) is 4.88. The van der Waals surface area contributed by atoms with Crippen molar-refractivity contribution in [3.05, 3.63) is 76.7 Å². The zero-order valence-corrected chi connectivity index (χ0v) is 19.1. The first-order valence-corrected chi connectivity index (χ1v) is 12.2. The fourth-order valence-electron chi connectivity index (χ4n) is 3.88. The van der Waals surface area contributed by atoms with E-state index in [9.17, 15) is 9.59 Å².